The van der Waals surface area contributed by atoms with Crippen molar-refractivity contribution in [1.82, 2.24) is 0 Å². The molecule has 0 aliphatic carbocycles. The molecule has 80 valence electrons. The van der Waals surface area contributed by atoms with E-state index in [1.54, 1.807) is 12.1 Å². The maximum Gasteiger partial charge on any atom is 0.328 e. The number of carboxylic acid groups (broad SMARTS) is 1. The zero-order chi connectivity index (χ0) is 11.3. The van der Waals surface area contributed by atoms with Gasteiger partial charge in [0.1, 0.15) is 5.82 Å². The fourth-order valence-electron chi connectivity index (χ4n) is 0.921. The van der Waals surface area contributed by atoms with Crippen LogP contribution in [-0.4, -0.2) is 16.8 Å². The number of benzene rings is 1. The van der Waals surface area contributed by atoms with Crippen LogP contribution in [0, 0.1) is 5.82 Å². The van der Waals surface area contributed by atoms with Gasteiger partial charge in [0.2, 0.25) is 0 Å². The Labute approximate surface area is 90.8 Å². The topological polar surface area (TPSA) is 63.3 Å². The predicted molar refractivity (Wildman–Crippen MR) is 58.3 cm³/mol. The minimum atomic E-state index is -1.01. The van der Waals surface area contributed by atoms with E-state index in [0.29, 0.717) is 16.3 Å². The van der Waals surface area contributed by atoms with E-state index in [0.717, 1.165) is 6.08 Å². The smallest absolute Gasteiger partial charge is 0.328 e. The van der Waals surface area contributed by atoms with Crippen LogP contribution in [0.5, 0.6) is 0 Å². The molecule has 0 bridgehead atoms. The van der Waals surface area contributed by atoms with E-state index in [1.165, 1.54) is 23.9 Å². The first-order chi connectivity index (χ1) is 7.09. The van der Waals surface area contributed by atoms with Crippen molar-refractivity contribution < 1.29 is 14.3 Å². The molecule has 0 aliphatic heterocycles. The van der Waals surface area contributed by atoms with Gasteiger partial charge >= 0.3 is 5.97 Å². The second-order valence-corrected chi connectivity index (χ2v) is 3.80. The third-order valence-corrected chi connectivity index (χ3v) is 2.55. The quantitative estimate of drug-likeness (QED) is 0.470. The van der Waals surface area contributed by atoms with Crippen molar-refractivity contribution in [3.8, 4) is 0 Å². The van der Waals surface area contributed by atoms with Gasteiger partial charge < -0.3 is 10.8 Å². The van der Waals surface area contributed by atoms with Crippen molar-refractivity contribution in [3.63, 3.8) is 0 Å². The minimum absolute atomic E-state index is 0.373. The molecule has 1 rings (SSSR count). The fourth-order valence-corrected chi connectivity index (χ4v) is 1.65. The Hall–Kier alpha value is -1.49. The molecule has 3 nitrogen and oxygen atoms in total. The highest BCUT2D eigenvalue weighted by atomic mass is 32.2. The maximum atomic E-state index is 13.2. The Morgan fingerprint density at radius 2 is 2.33 bits per heavy atom. The summed E-state index contributed by atoms with van der Waals surface area (Å²) in [5.41, 5.74) is 5.75. The highest BCUT2D eigenvalue weighted by molar-refractivity contribution is 7.99. The average molecular weight is 227 g/mol. The monoisotopic (exact) mass is 227 g/mol. The number of carboxylic acids is 1. The van der Waals surface area contributed by atoms with Crippen LogP contribution in [0.1, 0.15) is 0 Å². The molecule has 0 aliphatic rings. The molecule has 5 heteroatoms. The predicted octanol–water partition coefficient (Wildman–Crippen LogP) is 2.14. The van der Waals surface area contributed by atoms with Crippen molar-refractivity contribution >= 4 is 23.4 Å². The molecule has 0 saturated heterocycles. The molecule has 0 atom stereocenters. The number of nitrogen functional groups attached to an aromatic ring is 1. The lowest BCUT2D eigenvalue weighted by atomic mass is 10.3. The number of carbonyl (C=O) groups is 1. The number of hydrogen-bond acceptors (Lipinski definition) is 3. The number of rotatable bonds is 4. The van der Waals surface area contributed by atoms with Crippen LogP contribution in [0.25, 0.3) is 0 Å². The van der Waals surface area contributed by atoms with Gasteiger partial charge in [0, 0.05) is 22.4 Å². The van der Waals surface area contributed by atoms with Gasteiger partial charge in [-0.3, -0.25) is 0 Å². The first kappa shape index (κ1) is 11.6. The molecule has 0 unspecified atom stereocenters. The summed E-state index contributed by atoms with van der Waals surface area (Å²) in [6.45, 7) is 0. The molecule has 0 heterocycles. The van der Waals surface area contributed by atoms with Crippen LogP contribution in [0.15, 0.2) is 35.2 Å². The number of hydrogen-bond donors (Lipinski definition) is 2. The lowest BCUT2D eigenvalue weighted by molar-refractivity contribution is -0.131. The number of nitrogens with two attached hydrogens (primary N) is 1. The summed E-state index contributed by atoms with van der Waals surface area (Å²) in [5, 5.41) is 8.31. The van der Waals surface area contributed by atoms with Gasteiger partial charge in [-0.25, -0.2) is 9.18 Å². The number of anilines is 1. The molecule has 1 aromatic rings. The van der Waals surface area contributed by atoms with Crippen LogP contribution in [-0.2, 0) is 4.79 Å². The Bertz CT molecular complexity index is 393. The van der Waals surface area contributed by atoms with Crippen molar-refractivity contribution in [3.05, 3.63) is 36.2 Å². The largest absolute Gasteiger partial charge is 0.478 e. The van der Waals surface area contributed by atoms with E-state index >= 15 is 0 Å². The second kappa shape index (κ2) is 5.41. The first-order valence-electron chi connectivity index (χ1n) is 4.17. The van der Waals surface area contributed by atoms with Crippen LogP contribution in [0.4, 0.5) is 10.1 Å². The minimum Gasteiger partial charge on any atom is -0.478 e. The third-order valence-electron chi connectivity index (χ3n) is 1.55. The van der Waals surface area contributed by atoms with E-state index in [9.17, 15) is 9.18 Å². The first-order valence-corrected chi connectivity index (χ1v) is 5.15. The maximum absolute atomic E-state index is 13.2. The van der Waals surface area contributed by atoms with Crippen molar-refractivity contribution in [2.24, 2.45) is 0 Å². The van der Waals surface area contributed by atoms with Crippen LogP contribution in [0.2, 0.25) is 0 Å². The molecule has 0 amide bonds. The Morgan fingerprint density at radius 3 is 2.93 bits per heavy atom. The highest BCUT2D eigenvalue weighted by Gasteiger charge is 2.01. The van der Waals surface area contributed by atoms with Crippen molar-refractivity contribution in [2.75, 3.05) is 11.5 Å². The van der Waals surface area contributed by atoms with E-state index in [1.807, 2.05) is 0 Å². The molecule has 0 saturated carbocycles. The lowest BCUT2D eigenvalue weighted by Gasteiger charge is -2.01. The zero-order valence-corrected chi connectivity index (χ0v) is 8.63. The van der Waals surface area contributed by atoms with E-state index in [-0.39, 0.29) is 5.82 Å². The van der Waals surface area contributed by atoms with Crippen LogP contribution >= 0.6 is 11.8 Å². The number of aliphatic carboxylic acids is 1. The third kappa shape index (κ3) is 4.03. The SMILES string of the molecule is Nc1ccc(SCC=CC(=O)O)c(F)c1. The van der Waals surface area contributed by atoms with Gasteiger partial charge in [-0.1, -0.05) is 6.08 Å². The number of halogens is 1. The van der Waals surface area contributed by atoms with E-state index in [4.69, 9.17) is 10.8 Å². The summed E-state index contributed by atoms with van der Waals surface area (Å²) in [6.07, 6.45) is 2.49. The molecule has 0 radical (unpaired) electrons. The molecule has 0 aromatic heterocycles. The number of thioether (sulfide) groups is 1. The molecule has 15 heavy (non-hydrogen) atoms. The average Bonchev–Trinajstić information content (AvgIpc) is 2.14. The summed E-state index contributed by atoms with van der Waals surface area (Å²) in [5.74, 6) is -0.982. The summed E-state index contributed by atoms with van der Waals surface area (Å²) < 4.78 is 13.2. The molecule has 3 N–H and O–H groups in total. The summed E-state index contributed by atoms with van der Waals surface area (Å²) in [7, 11) is 0. The second-order valence-electron chi connectivity index (χ2n) is 2.74. The normalized spacial score (nSPS) is 10.7. The van der Waals surface area contributed by atoms with Crippen molar-refractivity contribution in [2.45, 2.75) is 4.90 Å². The van der Waals surface area contributed by atoms with Gasteiger partial charge in [-0.2, -0.15) is 0 Å². The summed E-state index contributed by atoms with van der Waals surface area (Å²) >= 11 is 1.22. The van der Waals surface area contributed by atoms with Gasteiger partial charge in [-0.05, 0) is 18.2 Å². The van der Waals surface area contributed by atoms with Gasteiger partial charge in [0.05, 0.1) is 0 Å². The lowest BCUT2D eigenvalue weighted by Crippen LogP contribution is -1.89. The molecular weight excluding hydrogens is 217 g/mol. The van der Waals surface area contributed by atoms with Gasteiger partial charge in [-0.15, -0.1) is 11.8 Å². The van der Waals surface area contributed by atoms with Gasteiger partial charge in [0.15, 0.2) is 0 Å². The molecular formula is C10H10FNO2S. The zero-order valence-electron chi connectivity index (χ0n) is 7.81. The standard InChI is InChI=1S/C10H10FNO2S/c11-8-6-7(12)3-4-9(8)15-5-1-2-10(13)14/h1-4,6H,5,12H2,(H,13,14). The molecule has 1 aromatic carbocycles. The fraction of sp³-hybridized carbons (Fsp3) is 0.100. The Balaban J connectivity index is 2.54. The molecule has 0 fully saturated rings. The van der Waals surface area contributed by atoms with Crippen LogP contribution < -0.4 is 5.73 Å². The highest BCUT2D eigenvalue weighted by Crippen LogP contribution is 2.23. The Morgan fingerprint density at radius 1 is 1.60 bits per heavy atom. The summed E-state index contributed by atoms with van der Waals surface area (Å²) in [6, 6.07) is 4.42. The van der Waals surface area contributed by atoms with E-state index in [2.05, 4.69) is 0 Å². The molecule has 0 spiro atoms. The summed E-state index contributed by atoms with van der Waals surface area (Å²) in [4.78, 5) is 10.6. The van der Waals surface area contributed by atoms with Crippen LogP contribution in [0.3, 0.4) is 0 Å². The Kier molecular flexibility index (Phi) is 4.17. The van der Waals surface area contributed by atoms with Gasteiger partial charge in [0.25, 0.3) is 0 Å². The van der Waals surface area contributed by atoms with E-state index < -0.39 is 5.97 Å². The van der Waals surface area contributed by atoms with Crippen molar-refractivity contribution in [1.29, 1.82) is 0 Å².